The van der Waals surface area contributed by atoms with Crippen LogP contribution in [0.5, 0.6) is 5.75 Å². The predicted molar refractivity (Wildman–Crippen MR) is 130 cm³/mol. The minimum Gasteiger partial charge on any atom is -0.507 e. The first-order valence-electron chi connectivity index (χ1n) is 10.5. The lowest BCUT2D eigenvalue weighted by Gasteiger charge is -2.20. The van der Waals surface area contributed by atoms with Crippen LogP contribution in [0, 0.1) is 5.92 Å². The molecule has 3 N–H and O–H groups in total. The quantitative estimate of drug-likeness (QED) is 0.453. The molecule has 6 nitrogen and oxygen atoms in total. The van der Waals surface area contributed by atoms with Crippen molar-refractivity contribution in [2.75, 3.05) is 12.4 Å². The molecule has 0 saturated heterocycles. The maximum Gasteiger partial charge on any atom is 0.163 e. The fourth-order valence-corrected chi connectivity index (χ4v) is 6.48. The van der Waals surface area contributed by atoms with Gasteiger partial charge in [0.25, 0.3) is 0 Å². The van der Waals surface area contributed by atoms with Gasteiger partial charge in [0, 0.05) is 16.2 Å². The van der Waals surface area contributed by atoms with Gasteiger partial charge in [0.1, 0.15) is 11.0 Å². The first-order valence-corrected chi connectivity index (χ1v) is 13.0. The molecule has 1 aliphatic rings. The number of phenolic OH excluding ortho intramolecular Hbond substituents is 1. The summed E-state index contributed by atoms with van der Waals surface area (Å²) in [6.45, 7) is 3.25. The number of nitrogens with zero attached hydrogens (tertiary/aromatic N) is 1. The normalized spacial score (nSPS) is 19.6. The van der Waals surface area contributed by atoms with E-state index in [1.165, 1.54) is 0 Å². The number of hydrogen-bond acceptors (Lipinski definition) is 6. The molecule has 0 radical (unpaired) electrons. The minimum absolute atomic E-state index is 0.0459. The van der Waals surface area contributed by atoms with Crippen molar-refractivity contribution in [3.8, 4) is 5.75 Å². The van der Waals surface area contributed by atoms with Gasteiger partial charge in [-0.3, -0.25) is 4.98 Å². The number of aromatic hydroxyl groups is 1. The van der Waals surface area contributed by atoms with Crippen LogP contribution in [-0.4, -0.2) is 52.4 Å². The Labute approximate surface area is 197 Å². The average Bonchev–Trinajstić information content (AvgIpc) is 3.04. The number of benzene rings is 1. The highest BCUT2D eigenvalue weighted by atomic mass is 79.9. The molecule has 0 fully saturated rings. The number of aliphatic hydroxyl groups is 2. The molecule has 2 heterocycles. The summed E-state index contributed by atoms with van der Waals surface area (Å²) < 4.78 is 25.9. The summed E-state index contributed by atoms with van der Waals surface area (Å²) in [7, 11) is -3.52. The Morgan fingerprint density at radius 2 is 2.03 bits per heavy atom. The second-order valence-corrected chi connectivity index (χ2v) is 11.4. The number of allylic oxidation sites excluding steroid dienone is 1. The summed E-state index contributed by atoms with van der Waals surface area (Å²) in [6.07, 6.45) is 3.14. The monoisotopic (exact) mass is 521 g/mol. The number of sulfone groups is 1. The number of aromatic nitrogens is 1. The van der Waals surface area contributed by atoms with Crippen molar-refractivity contribution in [1.82, 2.24) is 4.98 Å². The average molecular weight is 522 g/mol. The number of rotatable bonds is 8. The number of pyridine rings is 1. The molecule has 1 aromatic carbocycles. The zero-order chi connectivity index (χ0) is 23.5. The van der Waals surface area contributed by atoms with E-state index in [-0.39, 0.29) is 23.8 Å². The standard InChI is InChI=1S/C24H28BrNO5S/c1-15(2)19-14-32(30,31)23(13-27)24(19)22(29)8-6-16(20-5-3-4-10-26-20)11-17-12-18(25)7-9-21(17)28/h3-5,7,9-12,15,22-23,27-29H,6,8,13-14H2,1-2H3/b16-11-/t22-,23+/m1/s1. The topological polar surface area (TPSA) is 108 Å². The molecule has 3 rings (SSSR count). The Hall–Kier alpha value is -2.00. The Morgan fingerprint density at radius 3 is 2.66 bits per heavy atom. The Bertz CT molecular complexity index is 1130. The molecule has 1 aromatic heterocycles. The number of hydrogen-bond donors (Lipinski definition) is 3. The molecule has 32 heavy (non-hydrogen) atoms. The molecule has 1 aliphatic heterocycles. The summed E-state index contributed by atoms with van der Waals surface area (Å²) in [5.41, 5.74) is 3.21. The van der Waals surface area contributed by atoms with Crippen LogP contribution in [0.4, 0.5) is 0 Å². The van der Waals surface area contributed by atoms with Crippen LogP contribution in [0.3, 0.4) is 0 Å². The van der Waals surface area contributed by atoms with E-state index in [0.29, 0.717) is 28.8 Å². The summed E-state index contributed by atoms with van der Waals surface area (Å²) in [6, 6.07) is 10.6. The van der Waals surface area contributed by atoms with E-state index in [9.17, 15) is 23.7 Å². The van der Waals surface area contributed by atoms with Gasteiger partial charge >= 0.3 is 0 Å². The van der Waals surface area contributed by atoms with Gasteiger partial charge < -0.3 is 15.3 Å². The van der Waals surface area contributed by atoms with E-state index in [4.69, 9.17) is 0 Å². The number of phenols is 1. The largest absolute Gasteiger partial charge is 0.507 e. The van der Waals surface area contributed by atoms with Crippen molar-refractivity contribution in [2.24, 2.45) is 5.92 Å². The van der Waals surface area contributed by atoms with Crippen molar-refractivity contribution >= 4 is 37.4 Å². The number of aliphatic hydroxyl groups excluding tert-OH is 2. The maximum atomic E-state index is 12.5. The van der Waals surface area contributed by atoms with Crippen LogP contribution in [-0.2, 0) is 9.84 Å². The lowest BCUT2D eigenvalue weighted by Crippen LogP contribution is -2.29. The van der Waals surface area contributed by atoms with Crippen LogP contribution in [0.15, 0.2) is 58.2 Å². The van der Waals surface area contributed by atoms with Crippen molar-refractivity contribution in [2.45, 2.75) is 38.0 Å². The van der Waals surface area contributed by atoms with Gasteiger partial charge in [-0.15, -0.1) is 0 Å². The molecule has 0 bridgehead atoms. The molecular weight excluding hydrogens is 494 g/mol. The Balaban J connectivity index is 1.93. The van der Waals surface area contributed by atoms with Crippen molar-refractivity contribution < 1.29 is 23.7 Å². The third kappa shape index (κ3) is 5.49. The molecule has 172 valence electrons. The molecule has 0 unspecified atom stereocenters. The molecular formula is C24H28BrNO5S. The van der Waals surface area contributed by atoms with E-state index in [1.807, 2.05) is 38.1 Å². The zero-order valence-corrected chi connectivity index (χ0v) is 20.5. The predicted octanol–water partition coefficient (Wildman–Crippen LogP) is 3.97. The van der Waals surface area contributed by atoms with Crippen LogP contribution in [0.25, 0.3) is 11.6 Å². The third-order valence-corrected chi connectivity index (χ3v) is 8.21. The van der Waals surface area contributed by atoms with Gasteiger partial charge in [0.2, 0.25) is 0 Å². The van der Waals surface area contributed by atoms with Gasteiger partial charge in [0.15, 0.2) is 9.84 Å². The van der Waals surface area contributed by atoms with Crippen LogP contribution in [0.1, 0.15) is 37.9 Å². The summed E-state index contributed by atoms with van der Waals surface area (Å²) in [5, 5.41) is 30.0. The molecule has 0 saturated carbocycles. The smallest absolute Gasteiger partial charge is 0.163 e. The Kier molecular flexibility index (Phi) is 7.92. The van der Waals surface area contributed by atoms with Crippen molar-refractivity contribution in [3.05, 3.63) is 69.5 Å². The van der Waals surface area contributed by atoms with E-state index >= 15 is 0 Å². The molecule has 0 spiro atoms. The SMILES string of the molecule is CC(C)C1=C([C@H](O)CC/C(=C/c2cc(Br)ccc2O)c2ccccn2)[C@H](CO)S(=O)(=O)C1. The van der Waals surface area contributed by atoms with Gasteiger partial charge in [-0.2, -0.15) is 0 Å². The summed E-state index contributed by atoms with van der Waals surface area (Å²) in [5.74, 6) is -0.0541. The van der Waals surface area contributed by atoms with Gasteiger partial charge in [0.05, 0.1) is 24.2 Å². The highest BCUT2D eigenvalue weighted by Gasteiger charge is 2.41. The lowest BCUT2D eigenvalue weighted by atomic mass is 9.90. The van der Waals surface area contributed by atoms with Crippen LogP contribution < -0.4 is 0 Å². The number of halogens is 1. The summed E-state index contributed by atoms with van der Waals surface area (Å²) in [4.78, 5) is 4.41. The first kappa shape index (κ1) is 24.6. The Morgan fingerprint density at radius 1 is 1.28 bits per heavy atom. The lowest BCUT2D eigenvalue weighted by molar-refractivity contribution is 0.189. The first-order chi connectivity index (χ1) is 15.1. The highest BCUT2D eigenvalue weighted by Crippen LogP contribution is 2.36. The zero-order valence-electron chi connectivity index (χ0n) is 18.1. The summed E-state index contributed by atoms with van der Waals surface area (Å²) >= 11 is 3.41. The fourth-order valence-electron chi connectivity index (χ4n) is 4.04. The van der Waals surface area contributed by atoms with E-state index in [0.717, 1.165) is 10.0 Å². The van der Waals surface area contributed by atoms with Gasteiger partial charge in [-0.25, -0.2) is 8.42 Å². The van der Waals surface area contributed by atoms with Gasteiger partial charge in [-0.05, 0) is 71.9 Å². The maximum absolute atomic E-state index is 12.5. The molecule has 8 heteroatoms. The molecule has 0 aliphatic carbocycles. The second kappa shape index (κ2) is 10.3. The second-order valence-electron chi connectivity index (χ2n) is 8.26. The minimum atomic E-state index is -3.52. The molecule has 2 aromatic rings. The van der Waals surface area contributed by atoms with Crippen LogP contribution >= 0.6 is 15.9 Å². The van der Waals surface area contributed by atoms with E-state index in [1.54, 1.807) is 24.4 Å². The molecule has 2 atom stereocenters. The highest BCUT2D eigenvalue weighted by molar-refractivity contribution is 9.10. The fraction of sp³-hybridized carbons (Fsp3) is 0.375. The third-order valence-electron chi connectivity index (χ3n) is 5.73. The van der Waals surface area contributed by atoms with E-state index in [2.05, 4.69) is 20.9 Å². The molecule has 0 amide bonds. The van der Waals surface area contributed by atoms with Crippen molar-refractivity contribution in [1.29, 1.82) is 0 Å². The van der Waals surface area contributed by atoms with E-state index < -0.39 is 27.8 Å². The van der Waals surface area contributed by atoms with Crippen LogP contribution in [0.2, 0.25) is 0 Å². The van der Waals surface area contributed by atoms with Crippen molar-refractivity contribution in [3.63, 3.8) is 0 Å². The van der Waals surface area contributed by atoms with Gasteiger partial charge in [-0.1, -0.05) is 35.8 Å².